The van der Waals surface area contributed by atoms with E-state index in [4.69, 9.17) is 9.15 Å². The molecule has 0 aliphatic carbocycles. The fourth-order valence-corrected chi connectivity index (χ4v) is 4.63. The number of esters is 1. The number of aliphatic hydroxyl groups excluding tert-OH is 1. The Labute approximate surface area is 220 Å². The van der Waals surface area contributed by atoms with Gasteiger partial charge in [0.25, 0.3) is 11.5 Å². The molecule has 1 aromatic carbocycles. The van der Waals surface area contributed by atoms with Crippen molar-refractivity contribution in [1.82, 2.24) is 9.47 Å². The number of hydrogen-bond donors (Lipinski definition) is 1. The maximum Gasteiger partial charge on any atom is 0.348 e. The Morgan fingerprint density at radius 1 is 1.18 bits per heavy atom. The first kappa shape index (κ1) is 26.7. The highest BCUT2D eigenvalue weighted by Gasteiger charge is 2.31. The minimum Gasteiger partial charge on any atom is -0.459 e. The van der Waals surface area contributed by atoms with Crippen molar-refractivity contribution in [3.63, 3.8) is 0 Å². The first-order valence-electron chi connectivity index (χ1n) is 12.4. The van der Waals surface area contributed by atoms with Crippen LogP contribution in [0.5, 0.6) is 0 Å². The number of amides is 1. The van der Waals surface area contributed by atoms with E-state index in [1.807, 2.05) is 55.2 Å². The molecular weight excluding hydrogens is 486 g/mol. The summed E-state index contributed by atoms with van der Waals surface area (Å²) in [5.74, 6) is -0.856. The standard InChI is InChI=1S/C29H31N3O6/c1-4-6-8-21(5-2)18-32-23-11-10-20(3)17-22(23)26(25(28(32)35)29(36)38-19-33)30-12-14-31(15-13-30)27(34)24-9-7-16-37-24/h4-11,16-17,33H,2,12-15,18-19H2,1,3H3/b6-4-,21-8+. The van der Waals surface area contributed by atoms with Gasteiger partial charge >= 0.3 is 5.97 Å². The Hall–Kier alpha value is -4.37. The highest BCUT2D eigenvalue weighted by Crippen LogP contribution is 2.32. The van der Waals surface area contributed by atoms with E-state index in [2.05, 4.69) is 6.58 Å². The molecule has 1 aliphatic rings. The van der Waals surface area contributed by atoms with E-state index in [0.717, 1.165) is 11.1 Å². The minimum absolute atomic E-state index is 0.155. The highest BCUT2D eigenvalue weighted by molar-refractivity contribution is 6.05. The van der Waals surface area contributed by atoms with E-state index >= 15 is 0 Å². The van der Waals surface area contributed by atoms with Crippen LogP contribution in [0.15, 0.2) is 82.3 Å². The molecule has 1 aliphatic heterocycles. The lowest BCUT2D eigenvalue weighted by Gasteiger charge is -2.37. The average molecular weight is 518 g/mol. The number of anilines is 1. The van der Waals surface area contributed by atoms with Gasteiger partial charge < -0.3 is 28.6 Å². The number of furan rings is 1. The smallest absolute Gasteiger partial charge is 0.348 e. The lowest BCUT2D eigenvalue weighted by Crippen LogP contribution is -2.49. The molecule has 1 fully saturated rings. The van der Waals surface area contributed by atoms with Crippen molar-refractivity contribution in [3.05, 3.63) is 100 Å². The molecule has 1 saturated heterocycles. The van der Waals surface area contributed by atoms with Gasteiger partial charge in [0.15, 0.2) is 12.6 Å². The molecule has 9 heteroatoms. The third-order valence-corrected chi connectivity index (χ3v) is 6.51. The number of piperazine rings is 1. The second kappa shape index (κ2) is 11.8. The van der Waals surface area contributed by atoms with Crippen LogP contribution in [-0.4, -0.2) is 59.4 Å². The molecule has 1 N–H and O–H groups in total. The van der Waals surface area contributed by atoms with Crippen molar-refractivity contribution in [2.75, 3.05) is 37.9 Å². The van der Waals surface area contributed by atoms with E-state index < -0.39 is 18.3 Å². The molecule has 198 valence electrons. The number of allylic oxidation sites excluding steroid dienone is 5. The van der Waals surface area contributed by atoms with Gasteiger partial charge in [0.1, 0.15) is 5.56 Å². The predicted octanol–water partition coefficient (Wildman–Crippen LogP) is 3.66. The third kappa shape index (κ3) is 5.33. The zero-order valence-electron chi connectivity index (χ0n) is 21.6. The van der Waals surface area contributed by atoms with Crippen molar-refractivity contribution in [2.45, 2.75) is 20.4 Å². The number of rotatable bonds is 8. The van der Waals surface area contributed by atoms with Gasteiger partial charge in [0.05, 0.1) is 24.0 Å². The van der Waals surface area contributed by atoms with Crippen molar-refractivity contribution < 1.29 is 23.8 Å². The Bertz CT molecular complexity index is 1460. The van der Waals surface area contributed by atoms with Gasteiger partial charge in [-0.25, -0.2) is 4.79 Å². The summed E-state index contributed by atoms with van der Waals surface area (Å²) in [5.41, 5.74) is 2.14. The number of fused-ring (bicyclic) bond motifs is 1. The number of ether oxygens (including phenoxy) is 1. The Morgan fingerprint density at radius 2 is 1.95 bits per heavy atom. The molecule has 0 spiro atoms. The lowest BCUT2D eigenvalue weighted by atomic mass is 10.0. The summed E-state index contributed by atoms with van der Waals surface area (Å²) in [6, 6.07) is 8.99. The summed E-state index contributed by atoms with van der Waals surface area (Å²) in [5, 5.41) is 10.0. The van der Waals surface area contributed by atoms with Crippen molar-refractivity contribution in [3.8, 4) is 0 Å². The number of carbonyl (C=O) groups is 2. The number of aryl methyl sites for hydroxylation is 1. The monoisotopic (exact) mass is 517 g/mol. The molecule has 3 heterocycles. The van der Waals surface area contributed by atoms with Crippen LogP contribution < -0.4 is 10.5 Å². The Balaban J connectivity index is 1.83. The number of nitrogens with zero attached hydrogens (tertiary/aromatic N) is 3. The quantitative estimate of drug-likeness (QED) is 0.276. The van der Waals surface area contributed by atoms with Crippen LogP contribution in [0.1, 0.15) is 33.4 Å². The largest absolute Gasteiger partial charge is 0.459 e. The van der Waals surface area contributed by atoms with Crippen LogP contribution in [0.3, 0.4) is 0 Å². The van der Waals surface area contributed by atoms with Gasteiger partial charge in [-0.1, -0.05) is 42.5 Å². The summed E-state index contributed by atoms with van der Waals surface area (Å²) in [7, 11) is 0. The summed E-state index contributed by atoms with van der Waals surface area (Å²) in [4.78, 5) is 43.4. The second-order valence-corrected chi connectivity index (χ2v) is 8.92. The molecular formula is C29H31N3O6. The van der Waals surface area contributed by atoms with E-state index in [1.54, 1.807) is 23.1 Å². The van der Waals surface area contributed by atoms with Gasteiger partial charge in [-0.05, 0) is 43.7 Å². The van der Waals surface area contributed by atoms with E-state index in [1.165, 1.54) is 10.8 Å². The van der Waals surface area contributed by atoms with Crippen LogP contribution in [0.25, 0.3) is 10.9 Å². The van der Waals surface area contributed by atoms with Gasteiger partial charge in [0, 0.05) is 31.6 Å². The lowest BCUT2D eigenvalue weighted by molar-refractivity contribution is 0.00665. The third-order valence-electron chi connectivity index (χ3n) is 6.51. The van der Waals surface area contributed by atoms with Crippen molar-refractivity contribution in [2.24, 2.45) is 0 Å². The number of carbonyl (C=O) groups excluding carboxylic acids is 2. The van der Waals surface area contributed by atoms with Crippen LogP contribution in [0, 0.1) is 6.92 Å². The molecule has 38 heavy (non-hydrogen) atoms. The number of aromatic nitrogens is 1. The number of pyridine rings is 1. The zero-order chi connectivity index (χ0) is 27.2. The highest BCUT2D eigenvalue weighted by atomic mass is 16.6. The molecule has 0 atom stereocenters. The van der Waals surface area contributed by atoms with Crippen molar-refractivity contribution >= 4 is 28.5 Å². The summed E-state index contributed by atoms with van der Waals surface area (Å²) in [6.07, 6.45) is 8.71. The molecule has 0 bridgehead atoms. The summed E-state index contributed by atoms with van der Waals surface area (Å²) >= 11 is 0. The molecule has 2 aromatic heterocycles. The minimum atomic E-state index is -0.906. The number of aliphatic hydroxyl groups is 1. The first-order valence-corrected chi connectivity index (χ1v) is 12.4. The zero-order valence-corrected chi connectivity index (χ0v) is 21.6. The maximum atomic E-state index is 13.9. The molecule has 1 amide bonds. The SMILES string of the molecule is C=C/C(=C\C=C/C)Cn1c(=O)c(C(=O)OCO)c(N2CCN(C(=O)c3ccco3)CC2)c2cc(C)ccc21. The van der Waals surface area contributed by atoms with Crippen molar-refractivity contribution in [1.29, 1.82) is 0 Å². The first-order chi connectivity index (χ1) is 18.4. The summed E-state index contributed by atoms with van der Waals surface area (Å²) < 4.78 is 11.7. The Morgan fingerprint density at radius 3 is 2.58 bits per heavy atom. The van der Waals surface area contributed by atoms with Gasteiger partial charge in [-0.15, -0.1) is 0 Å². The molecule has 0 radical (unpaired) electrons. The van der Waals surface area contributed by atoms with Crippen LogP contribution >= 0.6 is 0 Å². The normalized spacial score (nSPS) is 14.3. The summed E-state index contributed by atoms with van der Waals surface area (Å²) in [6.45, 7) is 8.54. The molecule has 9 nitrogen and oxygen atoms in total. The fourth-order valence-electron chi connectivity index (χ4n) is 4.63. The molecule has 4 rings (SSSR count). The van der Waals surface area contributed by atoms with Crippen LogP contribution in [0.4, 0.5) is 5.69 Å². The van der Waals surface area contributed by atoms with Gasteiger partial charge in [0.2, 0.25) is 0 Å². The van der Waals surface area contributed by atoms with E-state index in [9.17, 15) is 19.5 Å². The van der Waals surface area contributed by atoms with E-state index in [-0.39, 0.29) is 23.8 Å². The number of hydrogen-bond acceptors (Lipinski definition) is 7. The maximum absolute atomic E-state index is 13.9. The van der Waals surface area contributed by atoms with Crippen LogP contribution in [0.2, 0.25) is 0 Å². The predicted molar refractivity (Wildman–Crippen MR) is 145 cm³/mol. The average Bonchev–Trinajstić information content (AvgIpc) is 3.46. The van der Waals surface area contributed by atoms with Crippen LogP contribution in [-0.2, 0) is 11.3 Å². The Kier molecular flexibility index (Phi) is 8.28. The fraction of sp³-hybridized carbons (Fsp3) is 0.276. The molecule has 0 unspecified atom stereocenters. The second-order valence-electron chi connectivity index (χ2n) is 8.92. The van der Waals surface area contributed by atoms with Gasteiger partial charge in [-0.3, -0.25) is 9.59 Å². The van der Waals surface area contributed by atoms with E-state index in [0.29, 0.717) is 42.8 Å². The molecule has 0 saturated carbocycles. The van der Waals surface area contributed by atoms with Gasteiger partial charge in [-0.2, -0.15) is 0 Å². The molecule has 3 aromatic rings. The topological polar surface area (TPSA) is 105 Å². The number of benzene rings is 1.